The standard InChI is InChI=1S/C16H19FO2/c1-16-7-6-10(8-11(16)2-5-15(16)19)13-4-3-12(18)9-14(13)17/h3-4,6,9,11,15,18-19H,2,5,7-8H2,1H3/t11?,15-,16-/m0/s1. The van der Waals surface area contributed by atoms with Gasteiger partial charge in [0.15, 0.2) is 0 Å². The Balaban J connectivity index is 1.92. The lowest BCUT2D eigenvalue weighted by Crippen LogP contribution is -2.34. The van der Waals surface area contributed by atoms with Crippen LogP contribution >= 0.6 is 0 Å². The maximum Gasteiger partial charge on any atom is 0.134 e. The van der Waals surface area contributed by atoms with E-state index in [4.69, 9.17) is 0 Å². The summed E-state index contributed by atoms with van der Waals surface area (Å²) >= 11 is 0. The molecule has 0 aliphatic heterocycles. The van der Waals surface area contributed by atoms with Gasteiger partial charge in [0.05, 0.1) is 6.10 Å². The van der Waals surface area contributed by atoms with Crippen LogP contribution in [-0.2, 0) is 0 Å². The Bertz CT molecular complexity index is 538. The summed E-state index contributed by atoms with van der Waals surface area (Å²) in [6.07, 6.45) is 5.29. The fourth-order valence-corrected chi connectivity index (χ4v) is 3.60. The Labute approximate surface area is 112 Å². The first-order valence-electron chi connectivity index (χ1n) is 6.86. The number of benzene rings is 1. The summed E-state index contributed by atoms with van der Waals surface area (Å²) in [6, 6.07) is 4.33. The van der Waals surface area contributed by atoms with Crippen LogP contribution in [0.25, 0.3) is 5.57 Å². The van der Waals surface area contributed by atoms with Crippen molar-refractivity contribution in [1.82, 2.24) is 0 Å². The second kappa shape index (κ2) is 4.34. The Morgan fingerprint density at radius 3 is 2.84 bits per heavy atom. The molecule has 3 rings (SSSR count). The highest BCUT2D eigenvalue weighted by molar-refractivity contribution is 5.68. The summed E-state index contributed by atoms with van der Waals surface area (Å²) < 4.78 is 13.9. The van der Waals surface area contributed by atoms with Crippen molar-refractivity contribution in [2.45, 2.75) is 38.7 Å². The van der Waals surface area contributed by atoms with Gasteiger partial charge in [-0.1, -0.05) is 13.0 Å². The molecule has 1 aromatic carbocycles. The van der Waals surface area contributed by atoms with Crippen LogP contribution in [0, 0.1) is 17.2 Å². The van der Waals surface area contributed by atoms with E-state index in [1.807, 2.05) is 0 Å². The molecule has 2 nitrogen and oxygen atoms in total. The smallest absolute Gasteiger partial charge is 0.134 e. The second-order valence-corrected chi connectivity index (χ2v) is 6.10. The third-order valence-electron chi connectivity index (χ3n) is 5.04. The molecule has 0 saturated heterocycles. The predicted octanol–water partition coefficient (Wildman–Crippen LogP) is 3.49. The van der Waals surface area contributed by atoms with E-state index in [1.54, 1.807) is 6.07 Å². The molecule has 0 radical (unpaired) electrons. The van der Waals surface area contributed by atoms with Crippen molar-refractivity contribution < 1.29 is 14.6 Å². The molecule has 2 aliphatic carbocycles. The molecule has 0 aromatic heterocycles. The maximum absolute atomic E-state index is 13.9. The molecule has 0 bridgehead atoms. The molecule has 2 N–H and O–H groups in total. The summed E-state index contributed by atoms with van der Waals surface area (Å²) in [5, 5.41) is 19.4. The van der Waals surface area contributed by atoms with Crippen molar-refractivity contribution in [3.63, 3.8) is 0 Å². The first-order chi connectivity index (χ1) is 9.00. The number of aliphatic hydroxyl groups excluding tert-OH is 1. The van der Waals surface area contributed by atoms with Gasteiger partial charge in [0.25, 0.3) is 0 Å². The van der Waals surface area contributed by atoms with Gasteiger partial charge >= 0.3 is 0 Å². The van der Waals surface area contributed by atoms with Gasteiger partial charge in [-0.25, -0.2) is 4.39 Å². The lowest BCUT2D eigenvalue weighted by Gasteiger charge is -2.38. The highest BCUT2D eigenvalue weighted by atomic mass is 19.1. The van der Waals surface area contributed by atoms with Crippen LogP contribution < -0.4 is 0 Å². The van der Waals surface area contributed by atoms with Crippen LogP contribution in [0.4, 0.5) is 4.39 Å². The van der Waals surface area contributed by atoms with Crippen molar-refractivity contribution >= 4 is 5.57 Å². The van der Waals surface area contributed by atoms with Crippen LogP contribution in [-0.4, -0.2) is 16.3 Å². The van der Waals surface area contributed by atoms with E-state index in [0.717, 1.165) is 37.3 Å². The normalized spacial score (nSPS) is 33.9. The van der Waals surface area contributed by atoms with Crippen molar-refractivity contribution in [2.24, 2.45) is 11.3 Å². The highest BCUT2D eigenvalue weighted by Gasteiger charge is 2.47. The van der Waals surface area contributed by atoms with Gasteiger partial charge in [0, 0.05) is 17.0 Å². The number of halogens is 1. The SMILES string of the molecule is C[C@]12CC=C(c3ccc(O)cc3F)CC1CC[C@@H]2O. The molecule has 3 atom stereocenters. The molecule has 2 aliphatic rings. The average molecular weight is 262 g/mol. The van der Waals surface area contributed by atoms with Crippen LogP contribution in [0.5, 0.6) is 5.75 Å². The van der Waals surface area contributed by atoms with E-state index in [0.29, 0.717) is 11.5 Å². The fourth-order valence-electron chi connectivity index (χ4n) is 3.60. The lowest BCUT2D eigenvalue weighted by atomic mass is 9.68. The Morgan fingerprint density at radius 1 is 1.32 bits per heavy atom. The number of aliphatic hydroxyl groups is 1. The van der Waals surface area contributed by atoms with Gasteiger partial charge in [-0.05, 0) is 49.3 Å². The van der Waals surface area contributed by atoms with Crippen LogP contribution in [0.15, 0.2) is 24.3 Å². The number of hydrogen-bond donors (Lipinski definition) is 2. The first kappa shape index (κ1) is 12.7. The van der Waals surface area contributed by atoms with Crippen molar-refractivity contribution in [3.05, 3.63) is 35.7 Å². The summed E-state index contributed by atoms with van der Waals surface area (Å²) in [4.78, 5) is 0. The number of phenolic OH excluding ortho intramolecular Hbond substituents is 1. The average Bonchev–Trinajstić information content (AvgIpc) is 2.66. The zero-order valence-electron chi connectivity index (χ0n) is 11.1. The van der Waals surface area contributed by atoms with E-state index in [-0.39, 0.29) is 23.1 Å². The molecule has 102 valence electrons. The maximum atomic E-state index is 13.9. The van der Waals surface area contributed by atoms with Crippen LogP contribution in [0.1, 0.15) is 38.2 Å². The van der Waals surface area contributed by atoms with Crippen LogP contribution in [0.2, 0.25) is 0 Å². The lowest BCUT2D eigenvalue weighted by molar-refractivity contribution is 0.0400. The number of allylic oxidation sites excluding steroid dienone is 2. The zero-order valence-corrected chi connectivity index (χ0v) is 11.1. The Morgan fingerprint density at radius 2 is 2.11 bits per heavy atom. The number of fused-ring (bicyclic) bond motifs is 1. The molecule has 0 spiro atoms. The molecular formula is C16H19FO2. The monoisotopic (exact) mass is 262 g/mol. The first-order valence-corrected chi connectivity index (χ1v) is 6.86. The third-order valence-corrected chi connectivity index (χ3v) is 5.04. The number of rotatable bonds is 1. The summed E-state index contributed by atoms with van der Waals surface area (Å²) in [5.41, 5.74) is 1.55. The van der Waals surface area contributed by atoms with E-state index in [9.17, 15) is 14.6 Å². The third kappa shape index (κ3) is 1.96. The number of hydrogen-bond acceptors (Lipinski definition) is 2. The van der Waals surface area contributed by atoms with E-state index in [2.05, 4.69) is 13.0 Å². The van der Waals surface area contributed by atoms with E-state index < -0.39 is 0 Å². The van der Waals surface area contributed by atoms with Gasteiger partial charge in [0.2, 0.25) is 0 Å². The molecule has 0 amide bonds. The minimum absolute atomic E-state index is 0.0428. The highest BCUT2D eigenvalue weighted by Crippen LogP contribution is 2.53. The largest absolute Gasteiger partial charge is 0.508 e. The molecule has 1 unspecified atom stereocenters. The fraction of sp³-hybridized carbons (Fsp3) is 0.500. The van der Waals surface area contributed by atoms with Gasteiger partial charge in [-0.15, -0.1) is 0 Å². The minimum atomic E-state index is -0.367. The van der Waals surface area contributed by atoms with E-state index in [1.165, 1.54) is 6.07 Å². The molecule has 19 heavy (non-hydrogen) atoms. The van der Waals surface area contributed by atoms with Crippen molar-refractivity contribution in [1.29, 1.82) is 0 Å². The molecule has 1 fully saturated rings. The van der Waals surface area contributed by atoms with Gasteiger partial charge in [-0.2, -0.15) is 0 Å². The zero-order chi connectivity index (χ0) is 13.6. The molecular weight excluding hydrogens is 243 g/mol. The topological polar surface area (TPSA) is 40.5 Å². The summed E-state index contributed by atoms with van der Waals surface area (Å²) in [7, 11) is 0. The second-order valence-electron chi connectivity index (χ2n) is 6.10. The Kier molecular flexibility index (Phi) is 2.90. The summed E-state index contributed by atoms with van der Waals surface area (Å²) in [6.45, 7) is 2.13. The van der Waals surface area contributed by atoms with Crippen LogP contribution in [0.3, 0.4) is 0 Å². The van der Waals surface area contributed by atoms with Crippen molar-refractivity contribution in [3.8, 4) is 5.75 Å². The molecule has 1 aromatic rings. The number of aromatic hydroxyl groups is 1. The van der Waals surface area contributed by atoms with Gasteiger partial charge < -0.3 is 10.2 Å². The number of phenols is 1. The molecule has 3 heteroatoms. The summed E-state index contributed by atoms with van der Waals surface area (Å²) in [5.74, 6) is 0.0166. The van der Waals surface area contributed by atoms with Gasteiger partial charge in [0.1, 0.15) is 11.6 Å². The molecule has 0 heterocycles. The Hall–Kier alpha value is -1.35. The quantitative estimate of drug-likeness (QED) is 0.813. The molecule has 1 saturated carbocycles. The van der Waals surface area contributed by atoms with Gasteiger partial charge in [-0.3, -0.25) is 0 Å². The van der Waals surface area contributed by atoms with E-state index >= 15 is 0 Å². The minimum Gasteiger partial charge on any atom is -0.508 e. The van der Waals surface area contributed by atoms with Crippen molar-refractivity contribution in [2.75, 3.05) is 0 Å². The predicted molar refractivity (Wildman–Crippen MR) is 72.1 cm³/mol.